The monoisotopic (exact) mass is 174 g/mol. The molecular weight excluding hydrogens is 167 g/mol. The molecule has 0 amide bonds. The summed E-state index contributed by atoms with van der Waals surface area (Å²) in [5.74, 6) is -0.471. The molecule has 64 valence electrons. The van der Waals surface area contributed by atoms with Crippen LogP contribution in [0.5, 0.6) is 0 Å². The summed E-state index contributed by atoms with van der Waals surface area (Å²) in [7, 11) is 0. The van der Waals surface area contributed by atoms with Crippen LogP contribution in [0.2, 0.25) is 0 Å². The van der Waals surface area contributed by atoms with Crippen molar-refractivity contribution in [2.45, 2.75) is 25.2 Å². The normalized spacial score (nSPS) is 17.6. The zero-order valence-corrected chi connectivity index (χ0v) is 7.53. The van der Waals surface area contributed by atoms with Gasteiger partial charge in [-0.1, -0.05) is 5.16 Å². The van der Waals surface area contributed by atoms with Crippen LogP contribution in [0, 0.1) is 6.92 Å². The fourth-order valence-electron chi connectivity index (χ4n) is 1.14. The Morgan fingerprint density at radius 2 is 2.23 bits per heavy atom. The van der Waals surface area contributed by atoms with Crippen molar-refractivity contribution in [3.63, 3.8) is 0 Å². The van der Waals surface area contributed by atoms with Crippen LogP contribution in [0.3, 0.4) is 0 Å². The van der Waals surface area contributed by atoms with E-state index < -0.39 is 11.4 Å². The number of aromatic nitrogens is 2. The second-order valence-electron chi connectivity index (χ2n) is 3.01. The van der Waals surface area contributed by atoms with E-state index in [0.717, 1.165) is 0 Å². The van der Waals surface area contributed by atoms with Gasteiger partial charge in [-0.3, -0.25) is 0 Å². The van der Waals surface area contributed by atoms with Crippen molar-refractivity contribution in [2.75, 3.05) is 0 Å². The van der Waals surface area contributed by atoms with E-state index in [2.05, 4.69) is 14.7 Å². The van der Waals surface area contributed by atoms with Crippen LogP contribution in [0.25, 0.3) is 0 Å². The molecular formula is C7H7LiN2O3. The van der Waals surface area contributed by atoms with Crippen molar-refractivity contribution in [3.05, 3.63) is 11.7 Å². The maximum absolute atomic E-state index is 10.7. The molecule has 0 aromatic carbocycles. The number of rotatable bonds is 2. The molecule has 1 fully saturated rings. The Balaban J connectivity index is 0.000000845. The zero-order chi connectivity index (χ0) is 8.77. The zero-order valence-electron chi connectivity index (χ0n) is 7.53. The smallest absolute Gasteiger partial charge is 0.549 e. The first kappa shape index (κ1) is 10.3. The molecule has 0 spiro atoms. The van der Waals surface area contributed by atoms with Crippen LogP contribution in [0.1, 0.15) is 24.6 Å². The van der Waals surface area contributed by atoms with E-state index in [4.69, 9.17) is 0 Å². The largest absolute Gasteiger partial charge is 1.00 e. The van der Waals surface area contributed by atoms with Crippen LogP contribution in [-0.2, 0) is 10.2 Å². The molecule has 6 heteroatoms. The van der Waals surface area contributed by atoms with Crippen molar-refractivity contribution in [3.8, 4) is 0 Å². The second kappa shape index (κ2) is 3.17. The fourth-order valence-corrected chi connectivity index (χ4v) is 1.14. The predicted octanol–water partition coefficient (Wildman–Crippen LogP) is -3.84. The number of carboxylic acids is 1. The Kier molecular flexibility index (Phi) is 2.51. The van der Waals surface area contributed by atoms with Gasteiger partial charge in [0.1, 0.15) is 0 Å². The Morgan fingerprint density at radius 3 is 2.54 bits per heavy atom. The Labute approximate surface area is 86.7 Å². The maximum atomic E-state index is 10.7. The third-order valence-corrected chi connectivity index (χ3v) is 2.10. The summed E-state index contributed by atoms with van der Waals surface area (Å²) in [6, 6.07) is 0. The molecule has 0 bridgehead atoms. The average Bonchev–Trinajstić information content (AvgIpc) is 2.71. The van der Waals surface area contributed by atoms with E-state index in [-0.39, 0.29) is 24.7 Å². The quantitative estimate of drug-likeness (QED) is 0.429. The fraction of sp³-hybridized carbons (Fsp3) is 0.571. The molecule has 0 unspecified atom stereocenters. The molecule has 1 heterocycles. The minimum Gasteiger partial charge on any atom is -0.549 e. The number of aryl methyl sites for hydroxylation is 1. The van der Waals surface area contributed by atoms with Crippen LogP contribution in [-0.4, -0.2) is 16.1 Å². The molecule has 0 radical (unpaired) electrons. The second-order valence-corrected chi connectivity index (χ2v) is 3.01. The molecule has 1 aromatic rings. The SMILES string of the molecule is Cc1nc(C2(C(=O)[O-])CC2)no1.[Li+]. The van der Waals surface area contributed by atoms with Gasteiger partial charge in [0.2, 0.25) is 5.89 Å². The summed E-state index contributed by atoms with van der Waals surface area (Å²) >= 11 is 0. The summed E-state index contributed by atoms with van der Waals surface area (Å²) in [6.07, 6.45) is 1.10. The van der Waals surface area contributed by atoms with E-state index in [1.165, 1.54) is 0 Å². The molecule has 13 heavy (non-hydrogen) atoms. The third-order valence-electron chi connectivity index (χ3n) is 2.10. The predicted molar refractivity (Wildman–Crippen MR) is 35.0 cm³/mol. The number of aliphatic carboxylic acids is 1. The average molecular weight is 174 g/mol. The Morgan fingerprint density at radius 1 is 1.62 bits per heavy atom. The minimum absolute atomic E-state index is 0. The molecule has 5 nitrogen and oxygen atoms in total. The van der Waals surface area contributed by atoms with Crippen LogP contribution in [0.4, 0.5) is 0 Å². The number of carboxylic acid groups (broad SMARTS) is 1. The summed E-state index contributed by atoms with van der Waals surface area (Å²) < 4.78 is 4.69. The summed E-state index contributed by atoms with van der Waals surface area (Å²) in [5.41, 5.74) is -0.947. The van der Waals surface area contributed by atoms with Gasteiger partial charge >= 0.3 is 18.9 Å². The van der Waals surface area contributed by atoms with Crippen LogP contribution >= 0.6 is 0 Å². The Hall–Kier alpha value is -0.793. The van der Waals surface area contributed by atoms with Crippen molar-refractivity contribution >= 4 is 5.97 Å². The molecule has 1 aliphatic rings. The number of hydrogen-bond donors (Lipinski definition) is 0. The van der Waals surface area contributed by atoms with Crippen molar-refractivity contribution in [1.29, 1.82) is 0 Å². The standard InChI is InChI=1S/C7H8N2O3.Li/c1-4-8-5(9-12-4)7(2-3-7)6(10)11;/h2-3H2,1H3,(H,10,11);/q;+1/p-1. The summed E-state index contributed by atoms with van der Waals surface area (Å²) in [6.45, 7) is 1.63. The van der Waals surface area contributed by atoms with Crippen LogP contribution in [0.15, 0.2) is 4.52 Å². The van der Waals surface area contributed by atoms with Gasteiger partial charge in [-0.15, -0.1) is 0 Å². The van der Waals surface area contributed by atoms with Gasteiger partial charge in [0, 0.05) is 6.92 Å². The van der Waals surface area contributed by atoms with E-state index in [0.29, 0.717) is 18.7 Å². The van der Waals surface area contributed by atoms with Crippen molar-refractivity contribution in [2.24, 2.45) is 0 Å². The first-order valence-corrected chi connectivity index (χ1v) is 3.67. The van der Waals surface area contributed by atoms with Gasteiger partial charge < -0.3 is 14.4 Å². The van der Waals surface area contributed by atoms with E-state index >= 15 is 0 Å². The molecule has 1 aromatic heterocycles. The molecule has 0 atom stereocenters. The summed E-state index contributed by atoms with van der Waals surface area (Å²) in [5, 5.41) is 14.2. The maximum Gasteiger partial charge on any atom is 1.00 e. The number of carbonyl (C=O) groups excluding carboxylic acids is 1. The number of hydrogen-bond acceptors (Lipinski definition) is 5. The number of carbonyl (C=O) groups is 1. The molecule has 1 saturated carbocycles. The first-order valence-electron chi connectivity index (χ1n) is 3.67. The number of nitrogens with zero attached hydrogens (tertiary/aromatic N) is 2. The van der Waals surface area contributed by atoms with Gasteiger partial charge in [-0.05, 0) is 12.8 Å². The topological polar surface area (TPSA) is 79.0 Å². The van der Waals surface area contributed by atoms with Gasteiger partial charge in [-0.2, -0.15) is 4.98 Å². The van der Waals surface area contributed by atoms with Crippen molar-refractivity contribution in [1.82, 2.24) is 10.1 Å². The van der Waals surface area contributed by atoms with E-state index in [1.807, 2.05) is 0 Å². The Bertz CT molecular complexity index is 332. The van der Waals surface area contributed by atoms with Gasteiger partial charge in [0.25, 0.3) is 0 Å². The molecule has 0 aliphatic heterocycles. The van der Waals surface area contributed by atoms with Crippen molar-refractivity contribution < 1.29 is 33.3 Å². The summed E-state index contributed by atoms with van der Waals surface area (Å²) in [4.78, 5) is 14.5. The van der Waals surface area contributed by atoms with Gasteiger partial charge in [0.05, 0.1) is 11.4 Å². The van der Waals surface area contributed by atoms with Crippen LogP contribution < -0.4 is 24.0 Å². The first-order chi connectivity index (χ1) is 5.65. The van der Waals surface area contributed by atoms with E-state index in [9.17, 15) is 9.90 Å². The molecule has 0 saturated heterocycles. The van der Waals surface area contributed by atoms with Gasteiger partial charge in [0.15, 0.2) is 5.82 Å². The molecule has 1 aliphatic carbocycles. The molecule has 0 N–H and O–H groups in total. The van der Waals surface area contributed by atoms with Gasteiger partial charge in [-0.25, -0.2) is 0 Å². The third kappa shape index (κ3) is 1.50. The van der Waals surface area contributed by atoms with E-state index in [1.54, 1.807) is 6.92 Å². The molecule has 2 rings (SSSR count). The minimum atomic E-state index is -1.11.